The zero-order valence-electron chi connectivity index (χ0n) is 13.7. The van der Waals surface area contributed by atoms with Gasteiger partial charge in [0.05, 0.1) is 43.7 Å². The Labute approximate surface area is 169 Å². The number of esters is 1. The number of likely N-dealkylation sites (tertiary alicyclic amines) is 1. The van der Waals surface area contributed by atoms with Crippen LogP contribution in [-0.2, 0) is 9.53 Å². The van der Waals surface area contributed by atoms with Gasteiger partial charge >= 0.3 is 11.9 Å². The highest BCUT2D eigenvalue weighted by molar-refractivity contribution is 6.54. The normalized spacial score (nSPS) is 15.0. The van der Waals surface area contributed by atoms with Gasteiger partial charge < -0.3 is 14.7 Å². The fourth-order valence-corrected chi connectivity index (χ4v) is 3.78. The van der Waals surface area contributed by atoms with E-state index in [1.54, 1.807) is 6.92 Å². The molecule has 1 aromatic rings. The molecule has 0 unspecified atom stereocenters. The number of rotatable bonds is 4. The standard InChI is InChI=1S/C16H15Cl4NO5/c1-2-26-16(25)7-3-5-21(6-4-7)14(22)8-9(15(23)24)11(18)13(20)12(19)10(8)17/h7H,2-6H2,1H3,(H,23,24). The summed E-state index contributed by atoms with van der Waals surface area (Å²) in [5.74, 6) is -2.68. The second-order valence-corrected chi connectivity index (χ2v) is 7.14. The molecule has 1 N–H and O–H groups in total. The van der Waals surface area contributed by atoms with Crippen LogP contribution in [0.4, 0.5) is 0 Å². The van der Waals surface area contributed by atoms with E-state index in [2.05, 4.69) is 0 Å². The van der Waals surface area contributed by atoms with Gasteiger partial charge in [-0.3, -0.25) is 9.59 Å². The number of ether oxygens (including phenoxy) is 1. The summed E-state index contributed by atoms with van der Waals surface area (Å²) in [6.45, 7) is 2.50. The van der Waals surface area contributed by atoms with Crippen LogP contribution in [0.1, 0.15) is 40.5 Å². The molecule has 0 aromatic heterocycles. The quantitative estimate of drug-likeness (QED) is 0.424. The van der Waals surface area contributed by atoms with E-state index in [0.717, 1.165) is 0 Å². The SMILES string of the molecule is CCOC(=O)C1CCN(C(=O)c2c(Cl)c(Cl)c(Cl)c(Cl)c2C(=O)O)CC1. The van der Waals surface area contributed by atoms with E-state index < -0.39 is 17.4 Å². The minimum atomic E-state index is -1.44. The first-order chi connectivity index (χ1) is 12.2. The number of hydrogen-bond donors (Lipinski definition) is 1. The first kappa shape index (κ1) is 21.1. The van der Waals surface area contributed by atoms with Crippen LogP contribution in [0.15, 0.2) is 0 Å². The Morgan fingerprint density at radius 3 is 1.96 bits per heavy atom. The maximum atomic E-state index is 12.9. The van der Waals surface area contributed by atoms with Gasteiger partial charge in [0.1, 0.15) is 0 Å². The number of carbonyl (C=O) groups excluding carboxylic acids is 2. The number of amides is 1. The van der Waals surface area contributed by atoms with Crippen molar-refractivity contribution in [3.05, 3.63) is 31.2 Å². The average molecular weight is 443 g/mol. The first-order valence-electron chi connectivity index (χ1n) is 7.75. The number of benzene rings is 1. The van der Waals surface area contributed by atoms with E-state index in [0.29, 0.717) is 12.8 Å². The highest BCUT2D eigenvalue weighted by Crippen LogP contribution is 2.42. The highest BCUT2D eigenvalue weighted by Gasteiger charge is 2.34. The fourth-order valence-electron chi connectivity index (χ4n) is 2.77. The molecule has 2 rings (SSSR count). The predicted octanol–water partition coefficient (Wildman–Crippen LogP) is 4.41. The smallest absolute Gasteiger partial charge is 0.338 e. The summed E-state index contributed by atoms with van der Waals surface area (Å²) in [4.78, 5) is 37.6. The molecule has 26 heavy (non-hydrogen) atoms. The highest BCUT2D eigenvalue weighted by atomic mass is 35.5. The van der Waals surface area contributed by atoms with E-state index in [1.165, 1.54) is 4.90 Å². The van der Waals surface area contributed by atoms with Crippen molar-refractivity contribution in [3.8, 4) is 0 Å². The molecule has 10 heteroatoms. The lowest BCUT2D eigenvalue weighted by Gasteiger charge is -2.31. The van der Waals surface area contributed by atoms with Crippen molar-refractivity contribution < 1.29 is 24.2 Å². The Balaban J connectivity index is 2.31. The minimum Gasteiger partial charge on any atom is -0.478 e. The summed E-state index contributed by atoms with van der Waals surface area (Å²) < 4.78 is 4.99. The molecule has 142 valence electrons. The molecular formula is C16H15Cl4NO5. The molecule has 1 aliphatic heterocycles. The Morgan fingerprint density at radius 1 is 1.00 bits per heavy atom. The topological polar surface area (TPSA) is 83.9 Å². The van der Waals surface area contributed by atoms with Crippen LogP contribution in [0.2, 0.25) is 20.1 Å². The van der Waals surface area contributed by atoms with Crippen molar-refractivity contribution in [1.29, 1.82) is 0 Å². The number of nitrogens with zero attached hydrogens (tertiary/aromatic N) is 1. The Hall–Kier alpha value is -1.21. The van der Waals surface area contributed by atoms with Crippen molar-refractivity contribution >= 4 is 64.2 Å². The molecule has 0 bridgehead atoms. The van der Waals surface area contributed by atoms with Crippen LogP contribution in [-0.4, -0.2) is 47.5 Å². The first-order valence-corrected chi connectivity index (χ1v) is 9.26. The predicted molar refractivity (Wildman–Crippen MR) is 98.7 cm³/mol. The van der Waals surface area contributed by atoms with Gasteiger partial charge in [-0.25, -0.2) is 4.79 Å². The molecule has 0 aliphatic carbocycles. The summed E-state index contributed by atoms with van der Waals surface area (Å²) in [6.07, 6.45) is 0.805. The number of carboxylic acids is 1. The minimum absolute atomic E-state index is 0.187. The lowest BCUT2D eigenvalue weighted by Crippen LogP contribution is -2.41. The summed E-state index contributed by atoms with van der Waals surface area (Å²) in [7, 11) is 0. The largest absolute Gasteiger partial charge is 0.478 e. The maximum Gasteiger partial charge on any atom is 0.338 e. The number of carbonyl (C=O) groups is 3. The van der Waals surface area contributed by atoms with Gasteiger partial charge in [-0.15, -0.1) is 0 Å². The molecule has 0 radical (unpaired) electrons. The monoisotopic (exact) mass is 441 g/mol. The number of piperidine rings is 1. The second kappa shape index (κ2) is 8.65. The molecular weight excluding hydrogens is 428 g/mol. The number of carboxylic acid groups (broad SMARTS) is 1. The van der Waals surface area contributed by atoms with E-state index in [9.17, 15) is 19.5 Å². The summed E-state index contributed by atoms with van der Waals surface area (Å²) in [6, 6.07) is 0. The van der Waals surface area contributed by atoms with Crippen molar-refractivity contribution in [2.45, 2.75) is 19.8 Å². The lowest BCUT2D eigenvalue weighted by molar-refractivity contribution is -0.149. The van der Waals surface area contributed by atoms with Gasteiger partial charge in [-0.2, -0.15) is 0 Å². The summed E-state index contributed by atoms with van der Waals surface area (Å²) in [5.41, 5.74) is -0.809. The molecule has 1 amide bonds. The molecule has 0 spiro atoms. The Morgan fingerprint density at radius 2 is 1.50 bits per heavy atom. The van der Waals surface area contributed by atoms with Crippen molar-refractivity contribution in [2.75, 3.05) is 19.7 Å². The average Bonchev–Trinajstić information content (AvgIpc) is 2.62. The molecule has 1 heterocycles. The molecule has 6 nitrogen and oxygen atoms in total. The van der Waals surface area contributed by atoms with Gasteiger partial charge in [-0.1, -0.05) is 46.4 Å². The Bertz CT molecular complexity index is 760. The van der Waals surface area contributed by atoms with E-state index in [1.807, 2.05) is 0 Å². The molecule has 0 atom stereocenters. The van der Waals surface area contributed by atoms with Crippen molar-refractivity contribution in [3.63, 3.8) is 0 Å². The summed E-state index contributed by atoms with van der Waals surface area (Å²) >= 11 is 23.9. The third-order valence-electron chi connectivity index (χ3n) is 4.10. The third kappa shape index (κ3) is 4.03. The van der Waals surface area contributed by atoms with E-state index in [4.69, 9.17) is 51.1 Å². The van der Waals surface area contributed by atoms with Crippen LogP contribution >= 0.6 is 46.4 Å². The molecule has 0 saturated carbocycles. The molecule has 1 aromatic carbocycles. The maximum absolute atomic E-state index is 12.9. The third-order valence-corrected chi connectivity index (χ3v) is 5.90. The van der Waals surface area contributed by atoms with Crippen molar-refractivity contribution in [2.24, 2.45) is 5.92 Å². The summed E-state index contributed by atoms with van der Waals surface area (Å²) in [5, 5.41) is 8.40. The van der Waals surface area contributed by atoms with Crippen LogP contribution in [0.25, 0.3) is 0 Å². The lowest BCUT2D eigenvalue weighted by atomic mass is 9.96. The van der Waals surface area contributed by atoms with Gasteiger partial charge in [0, 0.05) is 13.1 Å². The zero-order valence-corrected chi connectivity index (χ0v) is 16.7. The van der Waals surface area contributed by atoms with E-state index >= 15 is 0 Å². The molecule has 1 aliphatic rings. The van der Waals surface area contributed by atoms with Gasteiger partial charge in [-0.05, 0) is 19.8 Å². The fraction of sp³-hybridized carbons (Fsp3) is 0.438. The Kier molecular flexibility index (Phi) is 7.02. The van der Waals surface area contributed by atoms with Gasteiger partial charge in [0.2, 0.25) is 0 Å². The van der Waals surface area contributed by atoms with Crippen LogP contribution in [0, 0.1) is 5.92 Å². The number of halogens is 4. The molecule has 1 saturated heterocycles. The van der Waals surface area contributed by atoms with Gasteiger partial charge in [0.25, 0.3) is 5.91 Å². The second-order valence-electron chi connectivity index (χ2n) is 5.63. The number of aromatic carboxylic acids is 1. The van der Waals surface area contributed by atoms with Crippen LogP contribution < -0.4 is 0 Å². The van der Waals surface area contributed by atoms with Crippen LogP contribution in [0.5, 0.6) is 0 Å². The molecule has 1 fully saturated rings. The number of hydrogen-bond acceptors (Lipinski definition) is 4. The van der Waals surface area contributed by atoms with Crippen LogP contribution in [0.3, 0.4) is 0 Å². The van der Waals surface area contributed by atoms with Crippen molar-refractivity contribution in [1.82, 2.24) is 4.90 Å². The zero-order chi connectivity index (χ0) is 19.6. The van der Waals surface area contributed by atoms with Gasteiger partial charge in [0.15, 0.2) is 0 Å². The van der Waals surface area contributed by atoms with E-state index in [-0.39, 0.29) is 57.2 Å².